The lowest BCUT2D eigenvalue weighted by Crippen LogP contribution is -2.37. The molecule has 98 valence electrons. The van der Waals surface area contributed by atoms with Crippen LogP contribution in [0.3, 0.4) is 0 Å². The summed E-state index contributed by atoms with van der Waals surface area (Å²) in [5.41, 5.74) is 2.26. The lowest BCUT2D eigenvalue weighted by atomic mass is 10.1. The van der Waals surface area contributed by atoms with Crippen molar-refractivity contribution in [2.45, 2.75) is 17.5 Å². The van der Waals surface area contributed by atoms with Crippen molar-refractivity contribution >= 4 is 39.1 Å². The van der Waals surface area contributed by atoms with Gasteiger partial charge in [-0.15, -0.1) is 0 Å². The molecule has 2 rings (SSSR count). The molecule has 0 spiro atoms. The van der Waals surface area contributed by atoms with Crippen LogP contribution in [0.15, 0.2) is 18.2 Å². The van der Waals surface area contributed by atoms with Crippen LogP contribution in [0.4, 0.5) is 11.4 Å². The second-order valence-corrected chi connectivity index (χ2v) is 6.44. The van der Waals surface area contributed by atoms with Gasteiger partial charge in [0.15, 0.2) is 0 Å². The van der Waals surface area contributed by atoms with Gasteiger partial charge in [-0.1, -0.05) is 22.9 Å². The standard InChI is InChI=1S/C12H15BrN2O2S/c1-9-8-14(4-5-18-9)12-3-2-11(15(16)17)6-10(12)7-13/h2-3,6,9H,4-5,7-8H2,1H3. The van der Waals surface area contributed by atoms with Crippen molar-refractivity contribution in [3.63, 3.8) is 0 Å². The molecule has 1 aliphatic heterocycles. The van der Waals surface area contributed by atoms with E-state index in [1.165, 1.54) is 0 Å². The molecule has 1 aromatic carbocycles. The third-order valence-corrected chi connectivity index (χ3v) is 4.74. The number of thioether (sulfide) groups is 1. The highest BCUT2D eigenvalue weighted by Crippen LogP contribution is 2.30. The molecule has 0 N–H and O–H groups in total. The van der Waals surface area contributed by atoms with Crippen molar-refractivity contribution in [2.75, 3.05) is 23.7 Å². The Hall–Kier alpha value is -0.750. The molecule has 0 aromatic heterocycles. The highest BCUT2D eigenvalue weighted by atomic mass is 79.9. The van der Waals surface area contributed by atoms with Gasteiger partial charge in [0.25, 0.3) is 5.69 Å². The Labute approximate surface area is 119 Å². The zero-order valence-electron chi connectivity index (χ0n) is 10.1. The van der Waals surface area contributed by atoms with E-state index < -0.39 is 0 Å². The molecule has 1 unspecified atom stereocenters. The molecule has 1 saturated heterocycles. The second-order valence-electron chi connectivity index (χ2n) is 4.33. The minimum Gasteiger partial charge on any atom is -0.369 e. The van der Waals surface area contributed by atoms with Crippen molar-refractivity contribution in [2.24, 2.45) is 0 Å². The van der Waals surface area contributed by atoms with E-state index in [-0.39, 0.29) is 10.6 Å². The molecule has 0 bridgehead atoms. The first-order chi connectivity index (χ1) is 8.61. The van der Waals surface area contributed by atoms with Crippen molar-refractivity contribution < 1.29 is 4.92 Å². The number of hydrogen-bond donors (Lipinski definition) is 0. The van der Waals surface area contributed by atoms with Crippen LogP contribution in [0.1, 0.15) is 12.5 Å². The Kier molecular flexibility index (Phi) is 4.50. The third kappa shape index (κ3) is 2.98. The first kappa shape index (κ1) is 13.7. The van der Waals surface area contributed by atoms with Gasteiger partial charge in [-0.05, 0) is 11.6 Å². The average molecular weight is 331 g/mol. The Morgan fingerprint density at radius 2 is 2.39 bits per heavy atom. The Bertz CT molecular complexity index is 456. The molecule has 0 saturated carbocycles. The van der Waals surface area contributed by atoms with Gasteiger partial charge in [-0.2, -0.15) is 11.8 Å². The summed E-state index contributed by atoms with van der Waals surface area (Å²) in [6, 6.07) is 5.13. The number of benzene rings is 1. The molecule has 18 heavy (non-hydrogen) atoms. The molecule has 0 radical (unpaired) electrons. The minimum atomic E-state index is -0.343. The number of nitro groups is 1. The fraction of sp³-hybridized carbons (Fsp3) is 0.500. The van der Waals surface area contributed by atoms with Crippen LogP contribution in [0.2, 0.25) is 0 Å². The molecule has 1 atom stereocenters. The van der Waals surface area contributed by atoms with Crippen LogP contribution in [0, 0.1) is 10.1 Å². The zero-order valence-corrected chi connectivity index (χ0v) is 12.5. The number of nitrogens with zero attached hydrogens (tertiary/aromatic N) is 2. The second kappa shape index (κ2) is 5.93. The number of halogens is 1. The first-order valence-corrected chi connectivity index (χ1v) is 7.98. The van der Waals surface area contributed by atoms with E-state index in [1.54, 1.807) is 12.1 Å². The summed E-state index contributed by atoms with van der Waals surface area (Å²) in [5.74, 6) is 1.11. The van der Waals surface area contributed by atoms with Gasteiger partial charge >= 0.3 is 0 Å². The monoisotopic (exact) mass is 330 g/mol. The smallest absolute Gasteiger partial charge is 0.269 e. The Morgan fingerprint density at radius 1 is 1.61 bits per heavy atom. The van der Waals surface area contributed by atoms with Crippen LogP contribution < -0.4 is 4.90 Å². The van der Waals surface area contributed by atoms with Gasteiger partial charge in [-0.3, -0.25) is 10.1 Å². The molecular weight excluding hydrogens is 316 g/mol. The van der Waals surface area contributed by atoms with Crippen LogP contribution in [-0.2, 0) is 5.33 Å². The van der Waals surface area contributed by atoms with Crippen LogP contribution in [0.25, 0.3) is 0 Å². The zero-order chi connectivity index (χ0) is 13.1. The van der Waals surface area contributed by atoms with E-state index >= 15 is 0 Å². The van der Waals surface area contributed by atoms with Crippen molar-refractivity contribution in [1.82, 2.24) is 0 Å². The SMILES string of the molecule is CC1CN(c2ccc([N+](=O)[O-])cc2CBr)CCS1. The Morgan fingerprint density at radius 3 is 3.00 bits per heavy atom. The molecule has 1 heterocycles. The van der Waals surface area contributed by atoms with Gasteiger partial charge in [0.05, 0.1) is 4.92 Å². The number of alkyl halides is 1. The molecule has 4 nitrogen and oxygen atoms in total. The minimum absolute atomic E-state index is 0.160. The van der Waals surface area contributed by atoms with E-state index in [0.717, 1.165) is 30.1 Å². The van der Waals surface area contributed by atoms with Gasteiger partial charge in [-0.25, -0.2) is 0 Å². The number of rotatable bonds is 3. The molecule has 1 fully saturated rings. The van der Waals surface area contributed by atoms with Gasteiger partial charge in [0.1, 0.15) is 0 Å². The predicted molar refractivity (Wildman–Crippen MR) is 79.9 cm³/mol. The molecular formula is C12H15BrN2O2S. The summed E-state index contributed by atoms with van der Waals surface area (Å²) in [4.78, 5) is 12.8. The summed E-state index contributed by atoms with van der Waals surface area (Å²) in [7, 11) is 0. The summed E-state index contributed by atoms with van der Waals surface area (Å²) in [6.07, 6.45) is 0. The maximum absolute atomic E-state index is 10.8. The van der Waals surface area contributed by atoms with Crippen LogP contribution in [-0.4, -0.2) is 29.0 Å². The maximum Gasteiger partial charge on any atom is 0.269 e. The number of nitro benzene ring substituents is 1. The van der Waals surface area contributed by atoms with E-state index in [9.17, 15) is 10.1 Å². The fourth-order valence-electron chi connectivity index (χ4n) is 2.14. The number of non-ortho nitro benzene ring substituents is 1. The molecule has 1 aliphatic rings. The van der Waals surface area contributed by atoms with Crippen molar-refractivity contribution in [3.8, 4) is 0 Å². The quantitative estimate of drug-likeness (QED) is 0.484. The molecule has 0 aliphatic carbocycles. The highest BCUT2D eigenvalue weighted by Gasteiger charge is 2.20. The highest BCUT2D eigenvalue weighted by molar-refractivity contribution is 9.08. The van der Waals surface area contributed by atoms with Crippen molar-refractivity contribution in [1.29, 1.82) is 0 Å². The lowest BCUT2D eigenvalue weighted by Gasteiger charge is -2.33. The van der Waals surface area contributed by atoms with Crippen molar-refractivity contribution in [3.05, 3.63) is 33.9 Å². The van der Waals surface area contributed by atoms with E-state index in [2.05, 4.69) is 27.8 Å². The fourth-order valence-corrected chi connectivity index (χ4v) is 3.60. The van der Waals surface area contributed by atoms with E-state index in [0.29, 0.717) is 10.6 Å². The van der Waals surface area contributed by atoms with E-state index in [1.807, 2.05) is 17.8 Å². The third-order valence-electron chi connectivity index (χ3n) is 3.00. The van der Waals surface area contributed by atoms with Gasteiger partial charge in [0.2, 0.25) is 0 Å². The van der Waals surface area contributed by atoms with E-state index in [4.69, 9.17) is 0 Å². The largest absolute Gasteiger partial charge is 0.369 e. The number of hydrogen-bond acceptors (Lipinski definition) is 4. The van der Waals surface area contributed by atoms with Gasteiger partial charge < -0.3 is 4.90 Å². The predicted octanol–water partition coefficient (Wildman–Crippen LogP) is 3.43. The Balaban J connectivity index is 2.29. The van der Waals surface area contributed by atoms with Gasteiger partial charge in [0, 0.05) is 47.2 Å². The summed E-state index contributed by atoms with van der Waals surface area (Å²) in [6.45, 7) is 4.23. The lowest BCUT2D eigenvalue weighted by molar-refractivity contribution is -0.384. The average Bonchev–Trinajstić information content (AvgIpc) is 2.37. The molecule has 0 amide bonds. The summed E-state index contributed by atoms with van der Waals surface area (Å²) >= 11 is 5.40. The molecule has 6 heteroatoms. The first-order valence-electron chi connectivity index (χ1n) is 5.81. The normalized spacial score (nSPS) is 19.9. The van der Waals surface area contributed by atoms with Crippen LogP contribution in [0.5, 0.6) is 0 Å². The molecule has 1 aromatic rings. The maximum atomic E-state index is 10.8. The summed E-state index contributed by atoms with van der Waals surface area (Å²) in [5, 5.41) is 12.0. The summed E-state index contributed by atoms with van der Waals surface area (Å²) < 4.78 is 0. The van der Waals surface area contributed by atoms with Crippen LogP contribution >= 0.6 is 27.7 Å². The number of anilines is 1. The topological polar surface area (TPSA) is 46.4 Å².